The number of ether oxygens (including phenoxy) is 1. The number of aryl methyl sites for hydroxylation is 1. The van der Waals surface area contributed by atoms with E-state index in [-0.39, 0.29) is 12.6 Å². The normalized spacial score (nSPS) is 10.5. The molecule has 0 spiro atoms. The minimum absolute atomic E-state index is 0.0925. The second kappa shape index (κ2) is 14.3. The van der Waals surface area contributed by atoms with E-state index in [1.54, 1.807) is 11.0 Å². The molecule has 0 atom stereocenters. The third-order valence-electron chi connectivity index (χ3n) is 5.01. The molecule has 0 unspecified atom stereocenters. The molecule has 2 aromatic rings. The number of nitrogens with one attached hydrogen (secondary N) is 2. The van der Waals surface area contributed by atoms with Crippen molar-refractivity contribution in [3.63, 3.8) is 0 Å². The first-order chi connectivity index (χ1) is 15.5. The Morgan fingerprint density at radius 2 is 1.78 bits per heavy atom. The molecule has 0 bridgehead atoms. The summed E-state index contributed by atoms with van der Waals surface area (Å²) in [5.74, 6) is 0. The van der Waals surface area contributed by atoms with E-state index in [0.717, 1.165) is 31.2 Å². The number of unbranched alkanes of at least 4 members (excludes halogenated alkanes) is 2. The highest BCUT2D eigenvalue weighted by atomic mass is 35.5. The van der Waals surface area contributed by atoms with Crippen molar-refractivity contribution in [2.24, 2.45) is 5.73 Å². The van der Waals surface area contributed by atoms with E-state index in [2.05, 4.69) is 17.6 Å². The highest BCUT2D eigenvalue weighted by molar-refractivity contribution is 6.31. The van der Waals surface area contributed by atoms with Gasteiger partial charge in [-0.1, -0.05) is 55.3 Å². The molecule has 7 nitrogen and oxygen atoms in total. The highest BCUT2D eigenvalue weighted by Crippen LogP contribution is 2.14. The van der Waals surface area contributed by atoms with Crippen LogP contribution >= 0.6 is 11.6 Å². The summed E-state index contributed by atoms with van der Waals surface area (Å²) in [6, 6.07) is 14.8. The van der Waals surface area contributed by atoms with Crippen LogP contribution in [0.15, 0.2) is 48.5 Å². The summed E-state index contributed by atoms with van der Waals surface area (Å²) >= 11 is 6.17. The zero-order valence-corrected chi connectivity index (χ0v) is 19.4. The van der Waals surface area contributed by atoms with Gasteiger partial charge in [-0.3, -0.25) is 5.32 Å². The molecule has 0 aliphatic rings. The van der Waals surface area contributed by atoms with Gasteiger partial charge in [0.2, 0.25) is 0 Å². The third kappa shape index (κ3) is 9.16. The maximum absolute atomic E-state index is 12.7. The molecule has 0 saturated carbocycles. The number of anilines is 1. The van der Waals surface area contributed by atoms with Gasteiger partial charge in [-0.2, -0.15) is 0 Å². The lowest BCUT2D eigenvalue weighted by molar-refractivity contribution is 0.140. The zero-order chi connectivity index (χ0) is 23.2. The second-order valence-corrected chi connectivity index (χ2v) is 7.81. The number of nitrogens with zero attached hydrogens (tertiary/aromatic N) is 1. The smallest absolute Gasteiger partial charge is 0.411 e. The zero-order valence-electron chi connectivity index (χ0n) is 18.6. The van der Waals surface area contributed by atoms with Gasteiger partial charge in [0, 0.05) is 23.8 Å². The summed E-state index contributed by atoms with van der Waals surface area (Å²) in [6.07, 6.45) is 3.05. The van der Waals surface area contributed by atoms with Gasteiger partial charge in [0.15, 0.2) is 0 Å². The molecule has 0 saturated heterocycles. The average Bonchev–Trinajstić information content (AvgIpc) is 2.80. The SMILES string of the molecule is CCc1ccc(NC(=O)OCCN(CCCCCN)C(=O)NCc2ccccc2Cl)cc1. The van der Waals surface area contributed by atoms with E-state index >= 15 is 0 Å². The van der Waals surface area contributed by atoms with Crippen LogP contribution in [0.25, 0.3) is 0 Å². The molecule has 2 rings (SSSR count). The molecular formula is C24H33ClN4O3. The number of amides is 3. The summed E-state index contributed by atoms with van der Waals surface area (Å²) in [6.45, 7) is 3.96. The first kappa shape index (κ1) is 25.5. The minimum atomic E-state index is -0.547. The Kier molecular flexibility index (Phi) is 11.4. The topological polar surface area (TPSA) is 96.7 Å². The van der Waals surface area contributed by atoms with Crippen molar-refractivity contribution in [2.45, 2.75) is 39.2 Å². The summed E-state index contributed by atoms with van der Waals surface area (Å²) in [4.78, 5) is 26.4. The van der Waals surface area contributed by atoms with Crippen LogP contribution in [0.5, 0.6) is 0 Å². The molecule has 0 heterocycles. The average molecular weight is 461 g/mol. The van der Waals surface area contributed by atoms with E-state index in [9.17, 15) is 9.59 Å². The molecule has 2 aromatic carbocycles. The van der Waals surface area contributed by atoms with Crippen LogP contribution in [0, 0.1) is 0 Å². The maximum Gasteiger partial charge on any atom is 0.411 e. The summed E-state index contributed by atoms with van der Waals surface area (Å²) in [7, 11) is 0. The van der Waals surface area contributed by atoms with Crippen LogP contribution in [0.2, 0.25) is 5.02 Å². The number of halogens is 1. The summed E-state index contributed by atoms with van der Waals surface area (Å²) in [5, 5.41) is 6.20. The van der Waals surface area contributed by atoms with Crippen LogP contribution < -0.4 is 16.4 Å². The molecule has 0 radical (unpaired) electrons. The van der Waals surface area contributed by atoms with Crippen molar-refractivity contribution >= 4 is 29.4 Å². The standard InChI is InChI=1S/C24H33ClN4O3/c1-2-19-10-12-21(13-11-19)28-24(31)32-17-16-29(15-7-3-6-14-26)23(30)27-18-20-8-4-5-9-22(20)25/h4-5,8-13H,2-3,6-7,14-18,26H2,1H3,(H,27,30)(H,28,31). The van der Waals surface area contributed by atoms with Crippen molar-refractivity contribution in [1.29, 1.82) is 0 Å². The lowest BCUT2D eigenvalue weighted by atomic mass is 10.1. The van der Waals surface area contributed by atoms with Crippen LogP contribution in [0.4, 0.5) is 15.3 Å². The Bertz CT molecular complexity index is 845. The predicted molar refractivity (Wildman–Crippen MR) is 129 cm³/mol. The van der Waals surface area contributed by atoms with Gasteiger partial charge in [0.25, 0.3) is 0 Å². The molecule has 32 heavy (non-hydrogen) atoms. The third-order valence-corrected chi connectivity index (χ3v) is 5.38. The molecule has 0 fully saturated rings. The molecular weight excluding hydrogens is 428 g/mol. The summed E-state index contributed by atoms with van der Waals surface area (Å²) < 4.78 is 5.28. The molecule has 3 amide bonds. The molecule has 8 heteroatoms. The van der Waals surface area contributed by atoms with Gasteiger partial charge in [0.05, 0.1) is 6.54 Å². The van der Waals surface area contributed by atoms with E-state index in [1.807, 2.05) is 42.5 Å². The Labute approximate surface area is 195 Å². The number of carbonyl (C=O) groups is 2. The first-order valence-corrected chi connectivity index (χ1v) is 11.4. The lowest BCUT2D eigenvalue weighted by Crippen LogP contribution is -2.42. The van der Waals surface area contributed by atoms with Crippen LogP contribution in [0.3, 0.4) is 0 Å². The fraction of sp³-hybridized carbons (Fsp3) is 0.417. The number of nitrogens with two attached hydrogens (primary N) is 1. The minimum Gasteiger partial charge on any atom is -0.447 e. The number of hydrogen-bond acceptors (Lipinski definition) is 4. The maximum atomic E-state index is 12.7. The molecule has 0 aromatic heterocycles. The fourth-order valence-corrected chi connectivity index (χ4v) is 3.29. The molecule has 0 aliphatic heterocycles. The van der Waals surface area contributed by atoms with E-state index in [1.165, 1.54) is 5.56 Å². The van der Waals surface area contributed by atoms with Crippen molar-refractivity contribution in [3.8, 4) is 0 Å². The van der Waals surface area contributed by atoms with Gasteiger partial charge in [-0.05, 0) is 55.1 Å². The lowest BCUT2D eigenvalue weighted by Gasteiger charge is -2.23. The van der Waals surface area contributed by atoms with Crippen molar-refractivity contribution in [1.82, 2.24) is 10.2 Å². The van der Waals surface area contributed by atoms with Crippen LogP contribution in [0.1, 0.15) is 37.3 Å². The van der Waals surface area contributed by atoms with E-state index < -0.39 is 6.09 Å². The second-order valence-electron chi connectivity index (χ2n) is 7.40. The Balaban J connectivity index is 1.83. The number of rotatable bonds is 12. The monoisotopic (exact) mass is 460 g/mol. The number of urea groups is 1. The van der Waals surface area contributed by atoms with Crippen molar-refractivity contribution in [3.05, 3.63) is 64.7 Å². The van der Waals surface area contributed by atoms with Gasteiger partial charge in [-0.15, -0.1) is 0 Å². The van der Waals surface area contributed by atoms with Crippen molar-refractivity contribution < 1.29 is 14.3 Å². The van der Waals surface area contributed by atoms with Crippen LogP contribution in [-0.2, 0) is 17.7 Å². The van der Waals surface area contributed by atoms with Gasteiger partial charge in [-0.25, -0.2) is 9.59 Å². The quantitative estimate of drug-likeness (QED) is 0.396. The van der Waals surface area contributed by atoms with Crippen molar-refractivity contribution in [2.75, 3.05) is 31.6 Å². The Morgan fingerprint density at radius 3 is 2.47 bits per heavy atom. The van der Waals surface area contributed by atoms with E-state index in [4.69, 9.17) is 22.1 Å². The van der Waals surface area contributed by atoms with Gasteiger partial charge in [0.1, 0.15) is 6.61 Å². The fourth-order valence-electron chi connectivity index (χ4n) is 3.09. The Morgan fingerprint density at radius 1 is 1.03 bits per heavy atom. The first-order valence-electron chi connectivity index (χ1n) is 11.0. The van der Waals surface area contributed by atoms with Gasteiger partial charge < -0.3 is 20.7 Å². The number of benzene rings is 2. The summed E-state index contributed by atoms with van der Waals surface area (Å²) in [5.41, 5.74) is 8.26. The number of hydrogen-bond donors (Lipinski definition) is 3. The van der Waals surface area contributed by atoms with E-state index in [0.29, 0.717) is 36.9 Å². The van der Waals surface area contributed by atoms with Gasteiger partial charge >= 0.3 is 12.1 Å². The highest BCUT2D eigenvalue weighted by Gasteiger charge is 2.14. The van der Waals surface area contributed by atoms with Crippen LogP contribution in [-0.4, -0.2) is 43.3 Å². The molecule has 174 valence electrons. The molecule has 0 aliphatic carbocycles. The predicted octanol–water partition coefficient (Wildman–Crippen LogP) is 4.79. The largest absolute Gasteiger partial charge is 0.447 e. The number of carbonyl (C=O) groups excluding carboxylic acids is 2. The Hall–Kier alpha value is -2.77. The molecule has 4 N–H and O–H groups in total.